The highest BCUT2D eigenvalue weighted by atomic mass is 16.5. The first-order chi connectivity index (χ1) is 9.29. The van der Waals surface area contributed by atoms with E-state index in [9.17, 15) is 5.11 Å². The zero-order valence-electron chi connectivity index (χ0n) is 10.8. The van der Waals surface area contributed by atoms with Gasteiger partial charge in [0.25, 0.3) is 0 Å². The second-order valence-corrected chi connectivity index (χ2v) is 4.01. The van der Waals surface area contributed by atoms with Gasteiger partial charge >= 0.3 is 0 Å². The maximum atomic E-state index is 9.20. The van der Waals surface area contributed by atoms with Crippen LogP contribution in [-0.4, -0.2) is 16.7 Å². The second-order valence-electron chi connectivity index (χ2n) is 4.01. The molecule has 0 saturated carbocycles. The molecule has 0 saturated heterocycles. The third-order valence-corrected chi connectivity index (χ3v) is 2.53. The number of aliphatic hydroxyl groups is 1. The van der Waals surface area contributed by atoms with Gasteiger partial charge < -0.3 is 9.84 Å². The van der Waals surface area contributed by atoms with E-state index in [1.807, 2.05) is 43.3 Å². The van der Waals surface area contributed by atoms with Crippen LogP contribution in [0.5, 0.6) is 5.75 Å². The molecule has 3 heteroatoms. The zero-order chi connectivity index (χ0) is 13.5. The Morgan fingerprint density at radius 3 is 2.68 bits per heavy atom. The third kappa shape index (κ3) is 3.84. The highest BCUT2D eigenvalue weighted by Crippen LogP contribution is 2.16. The van der Waals surface area contributed by atoms with Gasteiger partial charge in [-0.15, -0.1) is 0 Å². The van der Waals surface area contributed by atoms with E-state index in [2.05, 4.69) is 16.8 Å². The van der Waals surface area contributed by atoms with Crippen LogP contribution in [0.1, 0.15) is 17.0 Å². The molecule has 1 aromatic heterocycles. The van der Waals surface area contributed by atoms with E-state index in [0.717, 1.165) is 11.3 Å². The molecule has 0 unspecified atom stereocenters. The molecule has 1 N–H and O–H groups in total. The number of hydrogen-bond acceptors (Lipinski definition) is 3. The van der Waals surface area contributed by atoms with Gasteiger partial charge in [0.05, 0.1) is 6.61 Å². The number of benzene rings is 1. The van der Waals surface area contributed by atoms with Crippen LogP contribution < -0.4 is 4.74 Å². The fourth-order valence-corrected chi connectivity index (χ4v) is 1.62. The Morgan fingerprint density at radius 2 is 1.95 bits per heavy atom. The molecule has 2 rings (SSSR count). The van der Waals surface area contributed by atoms with Crippen molar-refractivity contribution < 1.29 is 9.84 Å². The van der Waals surface area contributed by atoms with E-state index in [1.54, 1.807) is 6.07 Å². The number of nitrogens with zero attached hydrogens (tertiary/aromatic N) is 1. The normalized spacial score (nSPS) is 9.58. The first kappa shape index (κ1) is 13.1. The first-order valence-electron chi connectivity index (χ1n) is 6.03. The van der Waals surface area contributed by atoms with E-state index in [4.69, 9.17) is 4.74 Å². The number of hydrogen-bond donors (Lipinski definition) is 1. The van der Waals surface area contributed by atoms with Crippen LogP contribution in [0.15, 0.2) is 42.5 Å². The number of pyridine rings is 1. The molecule has 0 amide bonds. The van der Waals surface area contributed by atoms with Crippen LogP contribution in [-0.2, 0) is 6.61 Å². The van der Waals surface area contributed by atoms with Crippen molar-refractivity contribution in [2.45, 2.75) is 13.5 Å². The van der Waals surface area contributed by atoms with Crippen molar-refractivity contribution >= 4 is 0 Å². The van der Waals surface area contributed by atoms with Gasteiger partial charge in [0, 0.05) is 11.3 Å². The van der Waals surface area contributed by atoms with Gasteiger partial charge in [0.2, 0.25) is 0 Å². The Hall–Kier alpha value is -2.31. The van der Waals surface area contributed by atoms with E-state index < -0.39 is 0 Å². The summed E-state index contributed by atoms with van der Waals surface area (Å²) in [7, 11) is 0. The van der Waals surface area contributed by atoms with Crippen LogP contribution in [0, 0.1) is 18.8 Å². The van der Waals surface area contributed by atoms with Crippen LogP contribution in [0.4, 0.5) is 0 Å². The van der Waals surface area contributed by atoms with Crippen LogP contribution in [0.2, 0.25) is 0 Å². The minimum Gasteiger partial charge on any atom is -0.479 e. The standard InChI is InChI=1S/C16H15NO2/c1-13-9-10-16(15(12-18)17-13)19-11-5-8-14-6-3-2-4-7-14/h2-4,6-7,9-10,18H,11-12H2,1H3. The Bertz CT molecular complexity index is 597. The summed E-state index contributed by atoms with van der Waals surface area (Å²) >= 11 is 0. The lowest BCUT2D eigenvalue weighted by molar-refractivity contribution is 0.264. The van der Waals surface area contributed by atoms with Crippen molar-refractivity contribution in [3.05, 3.63) is 59.4 Å². The van der Waals surface area contributed by atoms with Crippen molar-refractivity contribution in [1.29, 1.82) is 0 Å². The van der Waals surface area contributed by atoms with Gasteiger partial charge in [-0.2, -0.15) is 0 Å². The lowest BCUT2D eigenvalue weighted by Crippen LogP contribution is -2.01. The maximum absolute atomic E-state index is 9.20. The minimum atomic E-state index is -0.136. The highest BCUT2D eigenvalue weighted by molar-refractivity contribution is 5.34. The largest absolute Gasteiger partial charge is 0.479 e. The smallest absolute Gasteiger partial charge is 0.149 e. The van der Waals surface area contributed by atoms with Gasteiger partial charge in [0.15, 0.2) is 0 Å². The summed E-state index contributed by atoms with van der Waals surface area (Å²) in [6.45, 7) is 2.01. The van der Waals surface area contributed by atoms with Crippen molar-refractivity contribution in [2.24, 2.45) is 0 Å². The summed E-state index contributed by atoms with van der Waals surface area (Å²) in [5, 5.41) is 9.20. The van der Waals surface area contributed by atoms with E-state index in [1.165, 1.54) is 0 Å². The second kappa shape index (κ2) is 6.58. The average Bonchev–Trinajstić information content (AvgIpc) is 2.46. The molecule has 2 aromatic rings. The van der Waals surface area contributed by atoms with Crippen LogP contribution in [0.25, 0.3) is 0 Å². The maximum Gasteiger partial charge on any atom is 0.149 e. The van der Waals surface area contributed by atoms with Gasteiger partial charge in [0.1, 0.15) is 18.1 Å². The lowest BCUT2D eigenvalue weighted by Gasteiger charge is -2.07. The Labute approximate surface area is 112 Å². The van der Waals surface area contributed by atoms with Gasteiger partial charge in [-0.25, -0.2) is 0 Å². The van der Waals surface area contributed by atoms with Gasteiger partial charge in [-0.05, 0) is 31.2 Å². The summed E-state index contributed by atoms with van der Waals surface area (Å²) < 4.78 is 5.51. The molecule has 96 valence electrons. The summed E-state index contributed by atoms with van der Waals surface area (Å²) in [5.74, 6) is 6.52. The average molecular weight is 253 g/mol. The minimum absolute atomic E-state index is 0.136. The molecule has 0 aliphatic rings. The molecule has 0 radical (unpaired) electrons. The monoisotopic (exact) mass is 253 g/mol. The molecule has 0 aliphatic carbocycles. The first-order valence-corrected chi connectivity index (χ1v) is 6.03. The molecule has 1 aromatic carbocycles. The molecule has 0 fully saturated rings. The fraction of sp³-hybridized carbons (Fsp3) is 0.188. The van der Waals surface area contributed by atoms with Crippen molar-refractivity contribution in [2.75, 3.05) is 6.61 Å². The van der Waals surface area contributed by atoms with E-state index in [-0.39, 0.29) is 13.2 Å². The molecule has 0 aliphatic heterocycles. The predicted molar refractivity (Wildman–Crippen MR) is 73.7 cm³/mol. The Balaban J connectivity index is 1.98. The molecule has 3 nitrogen and oxygen atoms in total. The molecular weight excluding hydrogens is 238 g/mol. The van der Waals surface area contributed by atoms with Crippen molar-refractivity contribution in [3.8, 4) is 17.6 Å². The molecule has 0 spiro atoms. The Morgan fingerprint density at radius 1 is 1.16 bits per heavy atom. The fourth-order valence-electron chi connectivity index (χ4n) is 1.62. The summed E-state index contributed by atoms with van der Waals surface area (Å²) in [6.07, 6.45) is 0. The van der Waals surface area contributed by atoms with Gasteiger partial charge in [-0.1, -0.05) is 30.0 Å². The molecule has 1 heterocycles. The number of aromatic nitrogens is 1. The molecule has 0 atom stereocenters. The van der Waals surface area contributed by atoms with Crippen LogP contribution >= 0.6 is 0 Å². The molecule has 0 bridgehead atoms. The van der Waals surface area contributed by atoms with Crippen molar-refractivity contribution in [3.63, 3.8) is 0 Å². The van der Waals surface area contributed by atoms with Crippen molar-refractivity contribution in [1.82, 2.24) is 4.98 Å². The quantitative estimate of drug-likeness (QED) is 0.854. The van der Waals surface area contributed by atoms with E-state index in [0.29, 0.717) is 11.4 Å². The molecule has 19 heavy (non-hydrogen) atoms. The predicted octanol–water partition coefficient (Wildman–Crippen LogP) is 2.31. The summed E-state index contributed by atoms with van der Waals surface area (Å²) in [6, 6.07) is 13.4. The number of aryl methyl sites for hydroxylation is 1. The highest BCUT2D eigenvalue weighted by Gasteiger charge is 2.03. The number of ether oxygens (including phenoxy) is 1. The molecular formula is C16H15NO2. The third-order valence-electron chi connectivity index (χ3n) is 2.53. The summed E-state index contributed by atoms with van der Waals surface area (Å²) in [5.41, 5.74) is 2.35. The number of rotatable bonds is 3. The lowest BCUT2D eigenvalue weighted by atomic mass is 10.2. The van der Waals surface area contributed by atoms with E-state index >= 15 is 0 Å². The van der Waals surface area contributed by atoms with Gasteiger partial charge in [-0.3, -0.25) is 4.98 Å². The van der Waals surface area contributed by atoms with Crippen LogP contribution in [0.3, 0.4) is 0 Å². The Kier molecular flexibility index (Phi) is 4.54. The number of aliphatic hydroxyl groups excluding tert-OH is 1. The summed E-state index contributed by atoms with van der Waals surface area (Å²) in [4.78, 5) is 4.21. The topological polar surface area (TPSA) is 42.4 Å². The zero-order valence-corrected chi connectivity index (χ0v) is 10.8. The SMILES string of the molecule is Cc1ccc(OCC#Cc2ccccc2)c(CO)n1.